The molecular weight excluding hydrogens is 196 g/mol. The number of fused-ring (bicyclic) bond motifs is 1. The third kappa shape index (κ3) is 1.48. The van der Waals surface area contributed by atoms with Crippen molar-refractivity contribution in [1.29, 1.82) is 0 Å². The van der Waals surface area contributed by atoms with Gasteiger partial charge in [-0.2, -0.15) is 0 Å². The highest BCUT2D eigenvalue weighted by atomic mass is 16.4. The normalized spacial score (nSPS) is 10.5. The summed E-state index contributed by atoms with van der Waals surface area (Å²) in [4.78, 5) is 26.4. The largest absolute Gasteiger partial charge is 0.478 e. The molecule has 2 rings (SSSR count). The van der Waals surface area contributed by atoms with Crippen molar-refractivity contribution in [2.45, 2.75) is 6.92 Å². The summed E-state index contributed by atoms with van der Waals surface area (Å²) in [7, 11) is 0. The molecular formula is C10H8N2O3. The van der Waals surface area contributed by atoms with Crippen LogP contribution in [-0.2, 0) is 0 Å². The van der Waals surface area contributed by atoms with Crippen LogP contribution < -0.4 is 5.56 Å². The van der Waals surface area contributed by atoms with E-state index in [0.717, 1.165) is 0 Å². The highest BCUT2D eigenvalue weighted by Crippen LogP contribution is 2.06. The maximum absolute atomic E-state index is 11.5. The first-order valence-corrected chi connectivity index (χ1v) is 4.32. The molecule has 0 aliphatic carbocycles. The summed E-state index contributed by atoms with van der Waals surface area (Å²) in [6.07, 6.45) is 1.50. The number of aromatic nitrogens is 2. The van der Waals surface area contributed by atoms with Gasteiger partial charge in [-0.05, 0) is 19.1 Å². The summed E-state index contributed by atoms with van der Waals surface area (Å²) < 4.78 is 1.22. The molecule has 2 aromatic heterocycles. The molecule has 0 saturated heterocycles. The number of hydrogen-bond acceptors (Lipinski definition) is 3. The lowest BCUT2D eigenvalue weighted by molar-refractivity contribution is 0.0698. The van der Waals surface area contributed by atoms with Crippen LogP contribution in [0.2, 0.25) is 0 Å². The van der Waals surface area contributed by atoms with Gasteiger partial charge in [-0.15, -0.1) is 0 Å². The van der Waals surface area contributed by atoms with Gasteiger partial charge in [0.25, 0.3) is 5.56 Å². The van der Waals surface area contributed by atoms with E-state index in [1.54, 1.807) is 6.92 Å². The molecule has 0 spiro atoms. The highest BCUT2D eigenvalue weighted by Gasteiger charge is 2.10. The average Bonchev–Trinajstić information content (AvgIpc) is 2.16. The Morgan fingerprint density at radius 2 is 2.27 bits per heavy atom. The molecule has 0 amide bonds. The molecule has 5 heteroatoms. The summed E-state index contributed by atoms with van der Waals surface area (Å²) in [6, 6.07) is 4.29. The maximum Gasteiger partial charge on any atom is 0.339 e. The number of aromatic carboxylic acids is 1. The van der Waals surface area contributed by atoms with Crippen LogP contribution in [0, 0.1) is 6.92 Å². The number of hydrogen-bond donors (Lipinski definition) is 1. The minimum atomic E-state index is -1.09. The van der Waals surface area contributed by atoms with E-state index in [-0.39, 0.29) is 16.8 Å². The predicted octanol–water partition coefficient (Wildman–Crippen LogP) is 0.701. The standard InChI is InChI=1S/C10H8N2O3/c1-6-5-8(13)12-4-2-3-7(10(14)15)9(12)11-6/h2-5H,1H3,(H,14,15). The van der Waals surface area contributed by atoms with Crippen LogP contribution in [0.25, 0.3) is 5.65 Å². The molecule has 0 aromatic carbocycles. The van der Waals surface area contributed by atoms with Crippen molar-refractivity contribution in [2.24, 2.45) is 0 Å². The van der Waals surface area contributed by atoms with Crippen LogP contribution in [0.1, 0.15) is 16.1 Å². The molecule has 0 aliphatic rings. The Morgan fingerprint density at radius 1 is 1.53 bits per heavy atom. The molecule has 0 atom stereocenters. The number of carboxylic acid groups (broad SMARTS) is 1. The fraction of sp³-hybridized carbons (Fsp3) is 0.100. The van der Waals surface area contributed by atoms with E-state index in [4.69, 9.17) is 5.11 Å². The van der Waals surface area contributed by atoms with Gasteiger partial charge in [0.2, 0.25) is 0 Å². The minimum absolute atomic E-state index is 0.0262. The van der Waals surface area contributed by atoms with Gasteiger partial charge < -0.3 is 5.11 Å². The SMILES string of the molecule is Cc1cc(=O)n2cccc(C(=O)O)c2n1. The number of carbonyl (C=O) groups is 1. The third-order valence-electron chi connectivity index (χ3n) is 2.05. The van der Waals surface area contributed by atoms with Gasteiger partial charge in [0.15, 0.2) is 5.65 Å². The van der Waals surface area contributed by atoms with Crippen molar-refractivity contribution in [3.63, 3.8) is 0 Å². The van der Waals surface area contributed by atoms with E-state index < -0.39 is 5.97 Å². The van der Waals surface area contributed by atoms with E-state index >= 15 is 0 Å². The molecule has 0 aliphatic heterocycles. The number of carboxylic acids is 1. The van der Waals surface area contributed by atoms with Crippen LogP contribution in [-0.4, -0.2) is 20.5 Å². The van der Waals surface area contributed by atoms with Gasteiger partial charge in [0, 0.05) is 18.0 Å². The van der Waals surface area contributed by atoms with Crippen molar-refractivity contribution < 1.29 is 9.90 Å². The molecule has 5 nitrogen and oxygen atoms in total. The predicted molar refractivity (Wildman–Crippen MR) is 53.2 cm³/mol. The van der Waals surface area contributed by atoms with Gasteiger partial charge in [0.05, 0.1) is 0 Å². The first-order valence-electron chi connectivity index (χ1n) is 4.32. The molecule has 2 aromatic rings. The van der Waals surface area contributed by atoms with Crippen molar-refractivity contribution in [2.75, 3.05) is 0 Å². The Bertz CT molecular complexity index is 601. The van der Waals surface area contributed by atoms with Crippen molar-refractivity contribution in [1.82, 2.24) is 9.38 Å². The Hall–Kier alpha value is -2.17. The monoisotopic (exact) mass is 204 g/mol. The molecule has 0 saturated carbocycles. The molecule has 0 radical (unpaired) electrons. The number of rotatable bonds is 1. The minimum Gasteiger partial charge on any atom is -0.478 e. The zero-order chi connectivity index (χ0) is 11.0. The van der Waals surface area contributed by atoms with Crippen molar-refractivity contribution >= 4 is 11.6 Å². The zero-order valence-corrected chi connectivity index (χ0v) is 7.97. The first-order chi connectivity index (χ1) is 7.09. The molecule has 2 heterocycles. The molecule has 76 valence electrons. The number of aryl methyl sites for hydroxylation is 1. The highest BCUT2D eigenvalue weighted by molar-refractivity contribution is 5.94. The molecule has 1 N–H and O–H groups in total. The van der Waals surface area contributed by atoms with Crippen LogP contribution in [0.15, 0.2) is 29.2 Å². The molecule has 0 fully saturated rings. The van der Waals surface area contributed by atoms with E-state index in [1.807, 2.05) is 0 Å². The smallest absolute Gasteiger partial charge is 0.339 e. The maximum atomic E-state index is 11.5. The fourth-order valence-electron chi connectivity index (χ4n) is 1.41. The summed E-state index contributed by atoms with van der Waals surface area (Å²) >= 11 is 0. The topological polar surface area (TPSA) is 71.7 Å². The molecule has 0 bridgehead atoms. The van der Waals surface area contributed by atoms with Crippen molar-refractivity contribution in [3.8, 4) is 0 Å². The second-order valence-corrected chi connectivity index (χ2v) is 3.16. The first kappa shape index (κ1) is 9.39. The molecule has 0 unspecified atom stereocenters. The summed E-state index contributed by atoms with van der Waals surface area (Å²) in [6.45, 7) is 1.65. The second-order valence-electron chi connectivity index (χ2n) is 3.16. The van der Waals surface area contributed by atoms with Crippen LogP contribution >= 0.6 is 0 Å². The summed E-state index contributed by atoms with van der Waals surface area (Å²) in [5, 5.41) is 8.91. The van der Waals surface area contributed by atoms with Gasteiger partial charge in [0.1, 0.15) is 5.56 Å². The Labute approximate surface area is 84.6 Å². The Balaban J connectivity index is 2.97. The van der Waals surface area contributed by atoms with Crippen LogP contribution in [0.3, 0.4) is 0 Å². The van der Waals surface area contributed by atoms with Crippen LogP contribution in [0.5, 0.6) is 0 Å². The second kappa shape index (κ2) is 3.20. The average molecular weight is 204 g/mol. The van der Waals surface area contributed by atoms with Gasteiger partial charge in [-0.3, -0.25) is 9.20 Å². The fourth-order valence-corrected chi connectivity index (χ4v) is 1.41. The van der Waals surface area contributed by atoms with E-state index in [0.29, 0.717) is 5.69 Å². The lowest BCUT2D eigenvalue weighted by Crippen LogP contribution is -2.16. The van der Waals surface area contributed by atoms with Gasteiger partial charge >= 0.3 is 5.97 Å². The molecule has 15 heavy (non-hydrogen) atoms. The number of pyridine rings is 1. The Morgan fingerprint density at radius 3 is 2.93 bits per heavy atom. The Kier molecular flexibility index (Phi) is 2.00. The van der Waals surface area contributed by atoms with E-state index in [1.165, 1.54) is 28.8 Å². The van der Waals surface area contributed by atoms with E-state index in [9.17, 15) is 9.59 Å². The van der Waals surface area contributed by atoms with Gasteiger partial charge in [-0.25, -0.2) is 9.78 Å². The summed E-state index contributed by atoms with van der Waals surface area (Å²) in [5.74, 6) is -1.09. The quantitative estimate of drug-likeness (QED) is 0.742. The zero-order valence-electron chi connectivity index (χ0n) is 7.97. The third-order valence-corrected chi connectivity index (χ3v) is 2.05. The van der Waals surface area contributed by atoms with Gasteiger partial charge in [-0.1, -0.05) is 0 Å². The lowest BCUT2D eigenvalue weighted by atomic mass is 10.2. The summed E-state index contributed by atoms with van der Waals surface area (Å²) in [5.41, 5.74) is 0.433. The van der Waals surface area contributed by atoms with Crippen molar-refractivity contribution in [3.05, 3.63) is 46.0 Å². The lowest BCUT2D eigenvalue weighted by Gasteiger charge is -2.03. The van der Waals surface area contributed by atoms with Crippen LogP contribution in [0.4, 0.5) is 0 Å². The number of nitrogens with zero attached hydrogens (tertiary/aromatic N) is 2. The van der Waals surface area contributed by atoms with E-state index in [2.05, 4.69) is 4.98 Å².